The van der Waals surface area contributed by atoms with Crippen LogP contribution in [0.5, 0.6) is 0 Å². The van der Waals surface area contributed by atoms with Gasteiger partial charge in [-0.15, -0.1) is 0 Å². The van der Waals surface area contributed by atoms with Crippen LogP contribution < -0.4 is 5.73 Å². The van der Waals surface area contributed by atoms with Crippen LogP contribution in [-0.4, -0.2) is 19.5 Å². The van der Waals surface area contributed by atoms with E-state index in [-0.39, 0.29) is 0 Å². The van der Waals surface area contributed by atoms with E-state index in [4.69, 9.17) is 29.6 Å². The molecule has 0 aliphatic heterocycles. The lowest BCUT2D eigenvalue weighted by Gasteiger charge is -2.14. The van der Waals surface area contributed by atoms with Crippen LogP contribution in [0.15, 0.2) is 12.3 Å². The van der Waals surface area contributed by atoms with Gasteiger partial charge in [-0.2, -0.15) is 0 Å². The fraction of sp³-hybridized carbons (Fsp3) is 0.462. The quantitative estimate of drug-likeness (QED) is 0.860. The van der Waals surface area contributed by atoms with E-state index in [1.54, 1.807) is 6.20 Å². The Balaban J connectivity index is 2.63. The molecule has 0 amide bonds. The Morgan fingerprint density at radius 2 is 2.16 bits per heavy atom. The summed E-state index contributed by atoms with van der Waals surface area (Å²) >= 11 is 11.0. The van der Waals surface area contributed by atoms with Crippen molar-refractivity contribution in [1.82, 2.24) is 14.5 Å². The topological polar surface area (TPSA) is 56.7 Å². The van der Waals surface area contributed by atoms with Crippen molar-refractivity contribution in [3.8, 4) is 0 Å². The monoisotopic (exact) mass is 296 g/mol. The number of imidazole rings is 1. The first kappa shape index (κ1) is 14.2. The third-order valence-corrected chi connectivity index (χ3v) is 3.58. The molecule has 0 atom stereocenters. The largest absolute Gasteiger partial charge is 0.392 e. The van der Waals surface area contributed by atoms with Gasteiger partial charge in [0.2, 0.25) is 0 Å². The molecule has 0 bridgehead atoms. The maximum absolute atomic E-state index is 5.97. The van der Waals surface area contributed by atoms with Crippen LogP contribution in [0.4, 0.5) is 0 Å². The summed E-state index contributed by atoms with van der Waals surface area (Å²) in [6.07, 6.45) is 3.66. The van der Waals surface area contributed by atoms with Crippen LogP contribution in [0.2, 0.25) is 5.02 Å². The van der Waals surface area contributed by atoms with Crippen LogP contribution >= 0.6 is 23.8 Å². The number of nitrogens with zero attached hydrogens (tertiary/aromatic N) is 3. The Bertz CT molecular complexity index is 604. The summed E-state index contributed by atoms with van der Waals surface area (Å²) in [7, 11) is 0. The number of halogens is 1. The maximum Gasteiger partial charge on any atom is 0.160 e. The van der Waals surface area contributed by atoms with Gasteiger partial charge in [0.15, 0.2) is 5.65 Å². The molecule has 0 radical (unpaired) electrons. The summed E-state index contributed by atoms with van der Waals surface area (Å²) in [5, 5.41) is 0.587. The summed E-state index contributed by atoms with van der Waals surface area (Å²) in [4.78, 5) is 9.46. The van der Waals surface area contributed by atoms with Crippen LogP contribution in [-0.2, 0) is 6.54 Å². The van der Waals surface area contributed by atoms with Gasteiger partial charge < -0.3 is 10.3 Å². The Morgan fingerprint density at radius 1 is 1.47 bits per heavy atom. The molecule has 6 heteroatoms. The van der Waals surface area contributed by atoms with Gasteiger partial charge >= 0.3 is 0 Å². The van der Waals surface area contributed by atoms with Gasteiger partial charge in [0, 0.05) is 12.1 Å². The Morgan fingerprint density at radius 3 is 2.74 bits per heavy atom. The van der Waals surface area contributed by atoms with E-state index in [0.717, 1.165) is 29.8 Å². The average molecular weight is 297 g/mol. The van der Waals surface area contributed by atoms with Gasteiger partial charge in [0.25, 0.3) is 0 Å². The Kier molecular flexibility index (Phi) is 4.37. The molecule has 2 aromatic rings. The predicted molar refractivity (Wildman–Crippen MR) is 82.6 cm³/mol. The van der Waals surface area contributed by atoms with Gasteiger partial charge in [-0.1, -0.05) is 37.7 Å². The minimum absolute atomic E-state index is 0.377. The first-order valence-corrected chi connectivity index (χ1v) is 7.15. The number of pyridine rings is 1. The summed E-state index contributed by atoms with van der Waals surface area (Å²) < 4.78 is 2.01. The summed E-state index contributed by atoms with van der Waals surface area (Å²) in [6, 6.07) is 1.83. The van der Waals surface area contributed by atoms with Crippen molar-refractivity contribution >= 4 is 40.0 Å². The highest BCUT2D eigenvalue weighted by Crippen LogP contribution is 2.26. The second-order valence-corrected chi connectivity index (χ2v) is 5.49. The predicted octanol–water partition coefficient (Wildman–Crippen LogP) is 3.27. The highest BCUT2D eigenvalue weighted by molar-refractivity contribution is 7.80. The number of thiocarbonyl (C=S) groups is 1. The van der Waals surface area contributed by atoms with E-state index >= 15 is 0 Å². The number of hydrogen-bond donors (Lipinski definition) is 1. The molecule has 0 spiro atoms. The van der Waals surface area contributed by atoms with Crippen LogP contribution in [0.1, 0.15) is 38.4 Å². The van der Waals surface area contributed by atoms with Gasteiger partial charge in [-0.25, -0.2) is 9.97 Å². The minimum Gasteiger partial charge on any atom is -0.392 e. The molecule has 2 heterocycles. The molecule has 19 heavy (non-hydrogen) atoms. The SMILES string of the molecule is CCC(CC)c1nc2cc(Cl)cnc2n1CC(N)=S. The van der Waals surface area contributed by atoms with Gasteiger partial charge in [-0.05, 0) is 18.9 Å². The fourth-order valence-corrected chi connectivity index (χ4v) is 2.56. The standard InChI is InChI=1S/C13H17ClN4S/c1-3-8(4-2)12-17-10-5-9(14)6-16-13(10)18(12)7-11(15)19/h5-6,8H,3-4,7H2,1-2H3,(H2,15,19). The lowest BCUT2D eigenvalue weighted by molar-refractivity contribution is 0.575. The number of fused-ring (bicyclic) bond motifs is 1. The van der Waals surface area contributed by atoms with Crippen molar-refractivity contribution in [2.24, 2.45) is 5.73 Å². The molecule has 2 rings (SSSR count). The highest BCUT2D eigenvalue weighted by atomic mass is 35.5. The van der Waals surface area contributed by atoms with Crippen LogP contribution in [0.3, 0.4) is 0 Å². The average Bonchev–Trinajstić information content (AvgIpc) is 2.68. The summed E-state index contributed by atoms with van der Waals surface area (Å²) in [5.74, 6) is 1.37. The molecule has 102 valence electrons. The molecule has 4 nitrogen and oxygen atoms in total. The molecular weight excluding hydrogens is 280 g/mol. The van der Waals surface area contributed by atoms with Crippen molar-refractivity contribution in [1.29, 1.82) is 0 Å². The van der Waals surface area contributed by atoms with E-state index < -0.39 is 0 Å². The third-order valence-electron chi connectivity index (χ3n) is 3.25. The third kappa shape index (κ3) is 2.87. The zero-order valence-corrected chi connectivity index (χ0v) is 12.6. The van der Waals surface area contributed by atoms with E-state index in [1.165, 1.54) is 0 Å². The number of rotatable bonds is 5. The second kappa shape index (κ2) is 5.84. The smallest absolute Gasteiger partial charge is 0.160 e. The molecule has 0 aliphatic carbocycles. The first-order valence-electron chi connectivity index (χ1n) is 6.36. The zero-order valence-electron chi connectivity index (χ0n) is 11.1. The first-order chi connectivity index (χ1) is 9.06. The molecule has 0 aromatic carbocycles. The van der Waals surface area contributed by atoms with Gasteiger partial charge in [-0.3, -0.25) is 0 Å². The molecule has 0 saturated carbocycles. The lowest BCUT2D eigenvalue weighted by atomic mass is 10.0. The van der Waals surface area contributed by atoms with E-state index in [1.807, 2.05) is 10.6 Å². The molecule has 2 N–H and O–H groups in total. The second-order valence-electron chi connectivity index (χ2n) is 4.53. The maximum atomic E-state index is 5.97. The minimum atomic E-state index is 0.377. The Hall–Kier alpha value is -1.20. The van der Waals surface area contributed by atoms with Crippen molar-refractivity contribution in [2.75, 3.05) is 0 Å². The van der Waals surface area contributed by atoms with Gasteiger partial charge in [0.05, 0.1) is 16.6 Å². The molecule has 2 aromatic heterocycles. The van der Waals surface area contributed by atoms with E-state index in [0.29, 0.717) is 22.5 Å². The van der Waals surface area contributed by atoms with Crippen LogP contribution in [0.25, 0.3) is 11.2 Å². The van der Waals surface area contributed by atoms with Crippen molar-refractivity contribution in [3.63, 3.8) is 0 Å². The molecule has 0 unspecified atom stereocenters. The van der Waals surface area contributed by atoms with Gasteiger partial charge in [0.1, 0.15) is 11.3 Å². The van der Waals surface area contributed by atoms with Crippen LogP contribution in [0, 0.1) is 0 Å². The zero-order chi connectivity index (χ0) is 14.0. The van der Waals surface area contributed by atoms with Crippen molar-refractivity contribution in [3.05, 3.63) is 23.1 Å². The molecule has 0 saturated heterocycles. The summed E-state index contributed by atoms with van der Waals surface area (Å²) in [5.41, 5.74) is 7.27. The number of hydrogen-bond acceptors (Lipinski definition) is 3. The highest BCUT2D eigenvalue weighted by Gasteiger charge is 2.19. The summed E-state index contributed by atoms with van der Waals surface area (Å²) in [6.45, 7) is 4.77. The number of nitrogens with two attached hydrogens (primary N) is 1. The fourth-order valence-electron chi connectivity index (χ4n) is 2.28. The molecular formula is C13H17ClN4S. The van der Waals surface area contributed by atoms with E-state index in [2.05, 4.69) is 23.8 Å². The normalized spacial score (nSPS) is 11.4. The lowest BCUT2D eigenvalue weighted by Crippen LogP contribution is -2.19. The molecule has 0 aliphatic rings. The van der Waals surface area contributed by atoms with Crippen molar-refractivity contribution in [2.45, 2.75) is 39.2 Å². The van der Waals surface area contributed by atoms with Crippen molar-refractivity contribution < 1.29 is 0 Å². The number of aromatic nitrogens is 3. The van der Waals surface area contributed by atoms with E-state index in [9.17, 15) is 0 Å². The molecule has 0 fully saturated rings. The Labute approximate surface area is 123 Å².